The molecule has 1 amide bonds. The van der Waals surface area contributed by atoms with Crippen LogP contribution in [0.15, 0.2) is 11.6 Å². The van der Waals surface area contributed by atoms with Gasteiger partial charge in [0.1, 0.15) is 0 Å². The van der Waals surface area contributed by atoms with Crippen molar-refractivity contribution in [3.8, 4) is 0 Å². The summed E-state index contributed by atoms with van der Waals surface area (Å²) in [4.78, 5) is 21.6. The van der Waals surface area contributed by atoms with Gasteiger partial charge < -0.3 is 10.2 Å². The number of carbonyl (C=O) groups is 1. The molecule has 128 valence electrons. The molecular weight excluding hydrogens is 308 g/mol. The zero-order valence-electron chi connectivity index (χ0n) is 14.2. The second kappa shape index (κ2) is 7.62. The largest absolute Gasteiger partial charge is 0.352 e. The third kappa shape index (κ3) is 4.04. The SMILES string of the molecule is CC1CCCCC1NC(=O)C(C)N1CCN(c2nccs2)CC1. The summed E-state index contributed by atoms with van der Waals surface area (Å²) in [6.45, 7) is 8.06. The average Bonchev–Trinajstić information content (AvgIpc) is 3.11. The fourth-order valence-electron chi connectivity index (χ4n) is 3.67. The highest BCUT2D eigenvalue weighted by atomic mass is 32.1. The molecular formula is C17H28N4OS. The summed E-state index contributed by atoms with van der Waals surface area (Å²) < 4.78 is 0. The van der Waals surface area contributed by atoms with E-state index in [0.717, 1.165) is 37.7 Å². The summed E-state index contributed by atoms with van der Waals surface area (Å²) in [5.41, 5.74) is 0. The third-order valence-corrected chi connectivity index (χ3v) is 6.20. The number of nitrogens with one attached hydrogen (secondary N) is 1. The molecule has 1 aromatic rings. The molecule has 1 aromatic heterocycles. The van der Waals surface area contributed by atoms with Gasteiger partial charge in [-0.15, -0.1) is 11.3 Å². The number of aromatic nitrogens is 1. The quantitative estimate of drug-likeness (QED) is 0.917. The summed E-state index contributed by atoms with van der Waals surface area (Å²) in [7, 11) is 0. The summed E-state index contributed by atoms with van der Waals surface area (Å²) in [5, 5.41) is 6.41. The molecule has 2 aliphatic rings. The van der Waals surface area contributed by atoms with Gasteiger partial charge in [0.15, 0.2) is 5.13 Å². The first-order chi connectivity index (χ1) is 11.1. The van der Waals surface area contributed by atoms with Gasteiger partial charge >= 0.3 is 0 Å². The Kier molecular flexibility index (Phi) is 5.54. The van der Waals surface area contributed by atoms with Crippen LogP contribution in [-0.4, -0.2) is 54.1 Å². The van der Waals surface area contributed by atoms with Crippen molar-refractivity contribution in [1.29, 1.82) is 0 Å². The highest BCUT2D eigenvalue weighted by molar-refractivity contribution is 7.13. The van der Waals surface area contributed by atoms with Gasteiger partial charge in [-0.05, 0) is 25.7 Å². The molecule has 1 N–H and O–H groups in total. The monoisotopic (exact) mass is 336 g/mol. The van der Waals surface area contributed by atoms with Crippen LogP contribution in [0, 0.1) is 5.92 Å². The molecule has 3 rings (SSSR count). The lowest BCUT2D eigenvalue weighted by molar-refractivity contribution is -0.127. The van der Waals surface area contributed by atoms with Crippen LogP contribution < -0.4 is 10.2 Å². The van der Waals surface area contributed by atoms with Crippen LogP contribution in [0.3, 0.4) is 0 Å². The number of rotatable bonds is 4. The van der Waals surface area contributed by atoms with Crippen LogP contribution in [0.5, 0.6) is 0 Å². The lowest BCUT2D eigenvalue weighted by Crippen LogP contribution is -2.55. The molecule has 0 bridgehead atoms. The Labute approximate surface area is 143 Å². The predicted octanol–water partition coefficient (Wildman–Crippen LogP) is 2.35. The molecule has 23 heavy (non-hydrogen) atoms. The van der Waals surface area contributed by atoms with Crippen LogP contribution in [0.4, 0.5) is 5.13 Å². The first-order valence-corrected chi connectivity index (χ1v) is 9.72. The normalized spacial score (nSPS) is 27.7. The molecule has 6 heteroatoms. The van der Waals surface area contributed by atoms with Gasteiger partial charge in [-0.1, -0.05) is 19.8 Å². The molecule has 1 saturated carbocycles. The van der Waals surface area contributed by atoms with Crippen molar-refractivity contribution in [3.05, 3.63) is 11.6 Å². The van der Waals surface area contributed by atoms with Crippen LogP contribution in [0.2, 0.25) is 0 Å². The van der Waals surface area contributed by atoms with Crippen LogP contribution in [0.25, 0.3) is 0 Å². The van der Waals surface area contributed by atoms with E-state index < -0.39 is 0 Å². The van der Waals surface area contributed by atoms with Crippen LogP contribution in [-0.2, 0) is 4.79 Å². The molecule has 2 heterocycles. The van der Waals surface area contributed by atoms with Crippen molar-refractivity contribution in [2.75, 3.05) is 31.1 Å². The Morgan fingerprint density at radius 1 is 1.30 bits per heavy atom. The molecule has 3 atom stereocenters. The van der Waals surface area contributed by atoms with E-state index in [1.807, 2.05) is 18.5 Å². The number of carbonyl (C=O) groups excluding carboxylic acids is 1. The Morgan fingerprint density at radius 3 is 2.70 bits per heavy atom. The van der Waals surface area contributed by atoms with Gasteiger partial charge in [0.25, 0.3) is 0 Å². The zero-order valence-corrected chi connectivity index (χ0v) is 15.0. The predicted molar refractivity (Wildman–Crippen MR) is 94.9 cm³/mol. The number of hydrogen-bond acceptors (Lipinski definition) is 5. The Hall–Kier alpha value is -1.14. The first-order valence-electron chi connectivity index (χ1n) is 8.84. The number of thiazole rings is 1. The second-order valence-electron chi connectivity index (χ2n) is 6.89. The number of piperazine rings is 1. The minimum absolute atomic E-state index is 0.0393. The smallest absolute Gasteiger partial charge is 0.237 e. The molecule has 0 aromatic carbocycles. The van der Waals surface area contributed by atoms with Crippen molar-refractivity contribution >= 4 is 22.4 Å². The van der Waals surface area contributed by atoms with E-state index in [9.17, 15) is 4.79 Å². The molecule has 1 aliphatic carbocycles. The van der Waals surface area contributed by atoms with Gasteiger partial charge in [-0.2, -0.15) is 0 Å². The molecule has 3 unspecified atom stereocenters. The average molecular weight is 337 g/mol. The minimum atomic E-state index is -0.0393. The molecule has 5 nitrogen and oxygen atoms in total. The number of amides is 1. The van der Waals surface area contributed by atoms with E-state index in [1.165, 1.54) is 19.3 Å². The maximum absolute atomic E-state index is 12.6. The lowest BCUT2D eigenvalue weighted by Gasteiger charge is -2.38. The van der Waals surface area contributed by atoms with Gasteiger partial charge in [0.2, 0.25) is 5.91 Å². The van der Waals surface area contributed by atoms with Crippen molar-refractivity contribution in [1.82, 2.24) is 15.2 Å². The lowest BCUT2D eigenvalue weighted by atomic mass is 9.86. The van der Waals surface area contributed by atoms with E-state index in [4.69, 9.17) is 0 Å². The molecule has 1 saturated heterocycles. The fourth-order valence-corrected chi connectivity index (χ4v) is 4.37. The maximum Gasteiger partial charge on any atom is 0.237 e. The first kappa shape index (κ1) is 16.7. The van der Waals surface area contributed by atoms with E-state index >= 15 is 0 Å². The maximum atomic E-state index is 12.6. The topological polar surface area (TPSA) is 48.5 Å². The number of hydrogen-bond donors (Lipinski definition) is 1. The van der Waals surface area contributed by atoms with E-state index in [0.29, 0.717) is 12.0 Å². The zero-order chi connectivity index (χ0) is 16.2. The van der Waals surface area contributed by atoms with E-state index in [-0.39, 0.29) is 11.9 Å². The minimum Gasteiger partial charge on any atom is -0.352 e. The Balaban J connectivity index is 1.48. The van der Waals surface area contributed by atoms with Gasteiger partial charge in [0.05, 0.1) is 6.04 Å². The third-order valence-electron chi connectivity index (χ3n) is 5.37. The van der Waals surface area contributed by atoms with E-state index in [2.05, 4.69) is 27.0 Å². The Morgan fingerprint density at radius 2 is 2.04 bits per heavy atom. The molecule has 2 fully saturated rings. The Bertz CT molecular complexity index is 499. The summed E-state index contributed by atoms with van der Waals surface area (Å²) in [6, 6.07) is 0.331. The second-order valence-corrected chi connectivity index (χ2v) is 7.76. The number of nitrogens with zero attached hydrogens (tertiary/aromatic N) is 3. The van der Waals surface area contributed by atoms with Crippen LogP contribution in [0.1, 0.15) is 39.5 Å². The fraction of sp³-hybridized carbons (Fsp3) is 0.765. The molecule has 1 aliphatic heterocycles. The standard InChI is InChI=1S/C17H28N4OS/c1-13-5-3-4-6-15(13)19-16(22)14(2)20-8-10-21(11-9-20)17-18-7-12-23-17/h7,12-15H,3-6,8-11H2,1-2H3,(H,19,22). The van der Waals surface area contributed by atoms with Crippen molar-refractivity contribution < 1.29 is 4.79 Å². The van der Waals surface area contributed by atoms with Crippen molar-refractivity contribution in [2.24, 2.45) is 5.92 Å². The number of anilines is 1. The highest BCUT2D eigenvalue weighted by Crippen LogP contribution is 2.24. The van der Waals surface area contributed by atoms with Gasteiger partial charge in [0, 0.05) is 43.8 Å². The van der Waals surface area contributed by atoms with Crippen molar-refractivity contribution in [3.63, 3.8) is 0 Å². The highest BCUT2D eigenvalue weighted by Gasteiger charge is 2.29. The van der Waals surface area contributed by atoms with Gasteiger partial charge in [-0.3, -0.25) is 9.69 Å². The van der Waals surface area contributed by atoms with Crippen LogP contribution >= 0.6 is 11.3 Å². The summed E-state index contributed by atoms with van der Waals surface area (Å²) >= 11 is 1.69. The van der Waals surface area contributed by atoms with E-state index in [1.54, 1.807) is 11.3 Å². The summed E-state index contributed by atoms with van der Waals surface area (Å²) in [6.07, 6.45) is 6.79. The molecule has 0 radical (unpaired) electrons. The summed E-state index contributed by atoms with van der Waals surface area (Å²) in [5.74, 6) is 0.813. The van der Waals surface area contributed by atoms with Gasteiger partial charge in [-0.25, -0.2) is 4.98 Å². The molecule has 0 spiro atoms. The van der Waals surface area contributed by atoms with Crippen molar-refractivity contribution in [2.45, 2.75) is 51.6 Å².